The standard InChI is InChI=1S/C14H21N5/c1-14(2,3)19-8-6-18(7-9-19)13-12(16)11(10-15)4-5-17-13/h4-5H,6-9,16H2,1-3H3. The molecule has 0 aliphatic carbocycles. The Bertz CT molecular complexity index is 490. The van der Waals surface area contributed by atoms with Crippen molar-refractivity contribution in [2.75, 3.05) is 36.8 Å². The number of hydrogen-bond acceptors (Lipinski definition) is 5. The summed E-state index contributed by atoms with van der Waals surface area (Å²) in [5.74, 6) is 0.743. The molecule has 0 radical (unpaired) electrons. The summed E-state index contributed by atoms with van der Waals surface area (Å²) in [4.78, 5) is 8.95. The van der Waals surface area contributed by atoms with Gasteiger partial charge in [0.25, 0.3) is 0 Å². The summed E-state index contributed by atoms with van der Waals surface area (Å²) >= 11 is 0. The van der Waals surface area contributed by atoms with E-state index >= 15 is 0 Å². The summed E-state index contributed by atoms with van der Waals surface area (Å²) in [6, 6.07) is 3.76. The van der Waals surface area contributed by atoms with Gasteiger partial charge in [-0.15, -0.1) is 0 Å². The normalized spacial score (nSPS) is 17.3. The average molecular weight is 259 g/mol. The van der Waals surface area contributed by atoms with Crippen molar-refractivity contribution in [1.29, 1.82) is 5.26 Å². The molecule has 1 aliphatic rings. The van der Waals surface area contributed by atoms with Crippen molar-refractivity contribution in [2.24, 2.45) is 0 Å². The van der Waals surface area contributed by atoms with Gasteiger partial charge in [0.1, 0.15) is 6.07 Å². The van der Waals surface area contributed by atoms with E-state index in [9.17, 15) is 0 Å². The maximum Gasteiger partial charge on any atom is 0.153 e. The first-order chi connectivity index (χ1) is 8.93. The molecule has 0 bridgehead atoms. The molecule has 1 saturated heterocycles. The van der Waals surface area contributed by atoms with Gasteiger partial charge in [0.15, 0.2) is 5.82 Å². The topological polar surface area (TPSA) is 69.2 Å². The highest BCUT2D eigenvalue weighted by Crippen LogP contribution is 2.25. The molecule has 2 rings (SSSR count). The molecule has 0 saturated carbocycles. The number of pyridine rings is 1. The number of aromatic nitrogens is 1. The minimum atomic E-state index is 0.194. The second-order valence-corrected chi connectivity index (χ2v) is 5.85. The molecule has 0 spiro atoms. The van der Waals surface area contributed by atoms with Gasteiger partial charge >= 0.3 is 0 Å². The van der Waals surface area contributed by atoms with Crippen molar-refractivity contribution < 1.29 is 0 Å². The minimum absolute atomic E-state index is 0.194. The number of nitrogens with two attached hydrogens (primary N) is 1. The van der Waals surface area contributed by atoms with Crippen LogP contribution < -0.4 is 10.6 Å². The zero-order valence-corrected chi connectivity index (χ0v) is 11.8. The third-order valence-corrected chi connectivity index (χ3v) is 3.62. The second-order valence-electron chi connectivity index (χ2n) is 5.85. The highest BCUT2D eigenvalue weighted by Gasteiger charge is 2.27. The maximum atomic E-state index is 9.01. The number of hydrogen-bond donors (Lipinski definition) is 1. The number of anilines is 2. The van der Waals surface area contributed by atoms with E-state index in [4.69, 9.17) is 11.0 Å². The highest BCUT2D eigenvalue weighted by atomic mass is 15.3. The van der Waals surface area contributed by atoms with Gasteiger partial charge in [-0.25, -0.2) is 4.98 Å². The zero-order chi connectivity index (χ0) is 14.0. The lowest BCUT2D eigenvalue weighted by Crippen LogP contribution is -2.53. The fourth-order valence-electron chi connectivity index (χ4n) is 2.40. The molecule has 102 valence electrons. The SMILES string of the molecule is CC(C)(C)N1CCN(c2nccc(C#N)c2N)CC1. The van der Waals surface area contributed by atoms with Crippen molar-refractivity contribution >= 4 is 11.5 Å². The molecule has 1 aromatic heterocycles. The molecule has 1 fully saturated rings. The number of rotatable bonds is 1. The minimum Gasteiger partial charge on any atom is -0.395 e. The molecule has 5 heteroatoms. The molecule has 19 heavy (non-hydrogen) atoms. The Balaban J connectivity index is 2.13. The Kier molecular flexibility index (Phi) is 3.63. The van der Waals surface area contributed by atoms with Gasteiger partial charge in [-0.05, 0) is 26.8 Å². The van der Waals surface area contributed by atoms with Crippen LogP contribution in [0, 0.1) is 11.3 Å². The molecule has 5 nitrogen and oxygen atoms in total. The zero-order valence-electron chi connectivity index (χ0n) is 11.8. The van der Waals surface area contributed by atoms with E-state index in [2.05, 4.69) is 41.6 Å². The smallest absolute Gasteiger partial charge is 0.153 e. The predicted octanol–water partition coefficient (Wildman–Crippen LogP) is 1.46. The molecule has 2 heterocycles. The first-order valence-electron chi connectivity index (χ1n) is 6.58. The summed E-state index contributed by atoms with van der Waals surface area (Å²) in [7, 11) is 0. The van der Waals surface area contributed by atoms with Crippen LogP contribution in [0.1, 0.15) is 26.3 Å². The van der Waals surface area contributed by atoms with Crippen LogP contribution in [0.4, 0.5) is 11.5 Å². The maximum absolute atomic E-state index is 9.01. The summed E-state index contributed by atoms with van der Waals surface area (Å²) in [6.07, 6.45) is 1.65. The Morgan fingerprint density at radius 2 is 1.89 bits per heavy atom. The molecule has 1 aliphatic heterocycles. The van der Waals surface area contributed by atoms with Gasteiger partial charge < -0.3 is 10.6 Å². The van der Waals surface area contributed by atoms with Crippen molar-refractivity contribution in [1.82, 2.24) is 9.88 Å². The average Bonchev–Trinajstić information content (AvgIpc) is 2.38. The van der Waals surface area contributed by atoms with Crippen LogP contribution in [-0.4, -0.2) is 41.6 Å². The van der Waals surface area contributed by atoms with Crippen LogP contribution >= 0.6 is 0 Å². The molecular formula is C14H21N5. The van der Waals surface area contributed by atoms with E-state index in [1.807, 2.05) is 0 Å². The van der Waals surface area contributed by atoms with Crippen molar-refractivity contribution in [3.05, 3.63) is 17.8 Å². The third kappa shape index (κ3) is 2.79. The quantitative estimate of drug-likeness (QED) is 0.826. The summed E-state index contributed by atoms with van der Waals surface area (Å²) in [5, 5.41) is 9.01. The van der Waals surface area contributed by atoms with Crippen LogP contribution in [0.2, 0.25) is 0 Å². The number of nitrogens with zero attached hydrogens (tertiary/aromatic N) is 4. The Morgan fingerprint density at radius 3 is 2.42 bits per heavy atom. The van der Waals surface area contributed by atoms with E-state index < -0.39 is 0 Å². The Labute approximate surface area is 114 Å². The van der Waals surface area contributed by atoms with Crippen molar-refractivity contribution in [3.8, 4) is 6.07 Å². The monoisotopic (exact) mass is 259 g/mol. The summed E-state index contributed by atoms with van der Waals surface area (Å²) in [5.41, 5.74) is 7.20. The first-order valence-corrected chi connectivity index (χ1v) is 6.58. The van der Waals surface area contributed by atoms with Crippen molar-refractivity contribution in [3.63, 3.8) is 0 Å². The van der Waals surface area contributed by atoms with E-state index in [-0.39, 0.29) is 5.54 Å². The lowest BCUT2D eigenvalue weighted by molar-refractivity contribution is 0.128. The van der Waals surface area contributed by atoms with Gasteiger partial charge in [-0.3, -0.25) is 4.90 Å². The van der Waals surface area contributed by atoms with Gasteiger partial charge in [0, 0.05) is 37.9 Å². The highest BCUT2D eigenvalue weighted by molar-refractivity contribution is 5.70. The fourth-order valence-corrected chi connectivity index (χ4v) is 2.40. The molecule has 1 aromatic rings. The van der Waals surface area contributed by atoms with Gasteiger partial charge in [0.2, 0.25) is 0 Å². The van der Waals surface area contributed by atoms with Crippen LogP contribution in [0.25, 0.3) is 0 Å². The molecule has 0 unspecified atom stereocenters. The Morgan fingerprint density at radius 1 is 1.26 bits per heavy atom. The number of nitriles is 1. The fraction of sp³-hybridized carbons (Fsp3) is 0.571. The number of piperazine rings is 1. The molecule has 0 aromatic carbocycles. The second kappa shape index (κ2) is 5.06. The molecule has 0 amide bonds. The molecule has 0 atom stereocenters. The van der Waals surface area contributed by atoms with Crippen LogP contribution in [-0.2, 0) is 0 Å². The third-order valence-electron chi connectivity index (χ3n) is 3.62. The van der Waals surface area contributed by atoms with E-state index in [1.165, 1.54) is 0 Å². The molecule has 2 N–H and O–H groups in total. The lowest BCUT2D eigenvalue weighted by atomic mass is 10.0. The Hall–Kier alpha value is -1.80. The van der Waals surface area contributed by atoms with Gasteiger partial charge in [0.05, 0.1) is 11.3 Å². The summed E-state index contributed by atoms with van der Waals surface area (Å²) in [6.45, 7) is 10.4. The van der Waals surface area contributed by atoms with Crippen LogP contribution in [0.5, 0.6) is 0 Å². The lowest BCUT2D eigenvalue weighted by Gasteiger charge is -2.42. The van der Waals surface area contributed by atoms with E-state index in [1.54, 1.807) is 12.3 Å². The van der Waals surface area contributed by atoms with Gasteiger partial charge in [-0.2, -0.15) is 5.26 Å². The largest absolute Gasteiger partial charge is 0.395 e. The van der Waals surface area contributed by atoms with Crippen molar-refractivity contribution in [2.45, 2.75) is 26.3 Å². The number of nitrogen functional groups attached to an aromatic ring is 1. The predicted molar refractivity (Wildman–Crippen MR) is 76.9 cm³/mol. The van der Waals surface area contributed by atoms with E-state index in [0.717, 1.165) is 32.0 Å². The first kappa shape index (κ1) is 13.6. The van der Waals surface area contributed by atoms with Gasteiger partial charge in [-0.1, -0.05) is 0 Å². The summed E-state index contributed by atoms with van der Waals surface area (Å²) < 4.78 is 0. The molecular weight excluding hydrogens is 238 g/mol. The van der Waals surface area contributed by atoms with Crippen LogP contribution in [0.3, 0.4) is 0 Å². The van der Waals surface area contributed by atoms with E-state index in [0.29, 0.717) is 11.3 Å². The van der Waals surface area contributed by atoms with Crippen LogP contribution in [0.15, 0.2) is 12.3 Å².